The van der Waals surface area contributed by atoms with Crippen LogP contribution in [-0.2, 0) is 0 Å². The monoisotopic (exact) mass is 264 g/mol. The maximum Gasteiger partial charge on any atom is 0.321 e. The molecule has 0 saturated heterocycles. The Morgan fingerprint density at radius 3 is 2.58 bits per heavy atom. The summed E-state index contributed by atoms with van der Waals surface area (Å²) in [6.45, 7) is 5.51. The van der Waals surface area contributed by atoms with E-state index in [4.69, 9.17) is 5.11 Å². The summed E-state index contributed by atoms with van der Waals surface area (Å²) >= 11 is 0. The number of aliphatic hydroxyl groups is 1. The molecule has 0 radical (unpaired) electrons. The van der Waals surface area contributed by atoms with Crippen molar-refractivity contribution in [2.24, 2.45) is 0 Å². The van der Waals surface area contributed by atoms with E-state index in [9.17, 15) is 4.79 Å². The van der Waals surface area contributed by atoms with Gasteiger partial charge in [-0.1, -0.05) is 31.5 Å². The van der Waals surface area contributed by atoms with Crippen molar-refractivity contribution >= 4 is 11.7 Å². The lowest BCUT2D eigenvalue weighted by Crippen LogP contribution is -2.37. The number of aryl methyl sites for hydroxylation is 1. The van der Waals surface area contributed by atoms with E-state index < -0.39 is 0 Å². The molecule has 0 saturated carbocycles. The van der Waals surface area contributed by atoms with Crippen LogP contribution in [0.15, 0.2) is 24.3 Å². The van der Waals surface area contributed by atoms with E-state index in [0.29, 0.717) is 13.0 Å². The molecule has 19 heavy (non-hydrogen) atoms. The first-order valence-electron chi connectivity index (χ1n) is 6.91. The van der Waals surface area contributed by atoms with E-state index in [1.54, 1.807) is 4.90 Å². The number of carbonyl (C=O) groups excluding carboxylic acids is 1. The quantitative estimate of drug-likeness (QED) is 0.795. The molecule has 1 aromatic carbocycles. The van der Waals surface area contributed by atoms with Crippen molar-refractivity contribution in [1.82, 2.24) is 4.90 Å². The molecule has 0 aliphatic rings. The van der Waals surface area contributed by atoms with Crippen LogP contribution in [0.1, 0.15) is 31.7 Å². The minimum absolute atomic E-state index is 0.0869. The molecule has 1 rings (SSSR count). The van der Waals surface area contributed by atoms with Crippen LogP contribution in [0.2, 0.25) is 0 Å². The number of nitrogens with zero attached hydrogens (tertiary/aromatic N) is 1. The first-order valence-corrected chi connectivity index (χ1v) is 6.91. The van der Waals surface area contributed by atoms with Crippen LogP contribution in [0.5, 0.6) is 0 Å². The SMILES string of the molecule is CCCCN(CCCO)C(=O)Nc1ccccc1C. The second kappa shape index (κ2) is 8.53. The molecule has 0 aromatic heterocycles. The molecule has 0 bridgehead atoms. The Morgan fingerprint density at radius 2 is 1.95 bits per heavy atom. The van der Waals surface area contributed by atoms with Gasteiger partial charge in [-0.05, 0) is 31.4 Å². The highest BCUT2D eigenvalue weighted by Gasteiger charge is 2.13. The van der Waals surface area contributed by atoms with Crippen molar-refractivity contribution in [2.75, 3.05) is 25.0 Å². The van der Waals surface area contributed by atoms with Gasteiger partial charge in [0.05, 0.1) is 0 Å². The van der Waals surface area contributed by atoms with Gasteiger partial charge in [-0.15, -0.1) is 0 Å². The zero-order valence-electron chi connectivity index (χ0n) is 11.9. The van der Waals surface area contributed by atoms with E-state index in [1.807, 2.05) is 31.2 Å². The summed E-state index contributed by atoms with van der Waals surface area (Å²) in [7, 11) is 0. The fourth-order valence-corrected chi connectivity index (χ4v) is 1.83. The molecule has 0 atom stereocenters. The molecular weight excluding hydrogens is 240 g/mol. The predicted molar refractivity (Wildman–Crippen MR) is 78.4 cm³/mol. The Hall–Kier alpha value is -1.55. The Balaban J connectivity index is 2.62. The van der Waals surface area contributed by atoms with Crippen LogP contribution in [0, 0.1) is 6.92 Å². The van der Waals surface area contributed by atoms with Crippen LogP contribution in [0.3, 0.4) is 0 Å². The Morgan fingerprint density at radius 1 is 1.26 bits per heavy atom. The Kier molecular flexibility index (Phi) is 6.97. The van der Waals surface area contributed by atoms with Gasteiger partial charge in [0.15, 0.2) is 0 Å². The number of nitrogens with one attached hydrogen (secondary N) is 1. The van der Waals surface area contributed by atoms with Crippen molar-refractivity contribution in [3.8, 4) is 0 Å². The van der Waals surface area contributed by atoms with Gasteiger partial charge in [0, 0.05) is 25.4 Å². The number of rotatable bonds is 7. The van der Waals surface area contributed by atoms with E-state index in [1.165, 1.54) is 0 Å². The largest absolute Gasteiger partial charge is 0.396 e. The fourth-order valence-electron chi connectivity index (χ4n) is 1.83. The molecule has 0 heterocycles. The van der Waals surface area contributed by atoms with Gasteiger partial charge in [0.1, 0.15) is 0 Å². The van der Waals surface area contributed by atoms with Crippen LogP contribution >= 0.6 is 0 Å². The number of amides is 2. The second-order valence-electron chi connectivity index (χ2n) is 4.66. The number of para-hydroxylation sites is 1. The number of unbranched alkanes of at least 4 members (excludes halogenated alkanes) is 1. The van der Waals surface area contributed by atoms with E-state index >= 15 is 0 Å². The minimum Gasteiger partial charge on any atom is -0.396 e. The average molecular weight is 264 g/mol. The van der Waals surface area contributed by atoms with Gasteiger partial charge in [0.25, 0.3) is 0 Å². The molecule has 0 aliphatic carbocycles. The van der Waals surface area contributed by atoms with Gasteiger partial charge < -0.3 is 15.3 Å². The number of hydrogen-bond donors (Lipinski definition) is 2. The fraction of sp³-hybridized carbons (Fsp3) is 0.533. The van der Waals surface area contributed by atoms with Crippen molar-refractivity contribution in [2.45, 2.75) is 33.1 Å². The van der Waals surface area contributed by atoms with Gasteiger partial charge in [-0.2, -0.15) is 0 Å². The summed E-state index contributed by atoms with van der Waals surface area (Å²) in [4.78, 5) is 14.0. The molecule has 106 valence electrons. The molecule has 0 aliphatic heterocycles. The topological polar surface area (TPSA) is 52.6 Å². The van der Waals surface area contributed by atoms with Gasteiger partial charge in [-0.25, -0.2) is 4.79 Å². The molecule has 1 aromatic rings. The number of carbonyl (C=O) groups is 1. The molecule has 4 heteroatoms. The maximum atomic E-state index is 12.2. The third-order valence-corrected chi connectivity index (χ3v) is 3.04. The number of benzene rings is 1. The van der Waals surface area contributed by atoms with Gasteiger partial charge in [-0.3, -0.25) is 0 Å². The Bertz CT molecular complexity index is 385. The van der Waals surface area contributed by atoms with Crippen LogP contribution in [0.4, 0.5) is 10.5 Å². The molecule has 0 unspecified atom stereocenters. The maximum absolute atomic E-state index is 12.2. The highest BCUT2D eigenvalue weighted by molar-refractivity contribution is 5.90. The first-order chi connectivity index (χ1) is 9.19. The van der Waals surface area contributed by atoms with Crippen molar-refractivity contribution in [1.29, 1.82) is 0 Å². The van der Waals surface area contributed by atoms with Crippen LogP contribution < -0.4 is 5.32 Å². The number of urea groups is 1. The zero-order chi connectivity index (χ0) is 14.1. The number of hydrogen-bond acceptors (Lipinski definition) is 2. The molecule has 0 spiro atoms. The van der Waals surface area contributed by atoms with E-state index in [2.05, 4.69) is 12.2 Å². The average Bonchev–Trinajstić information content (AvgIpc) is 2.41. The Labute approximate surface area is 115 Å². The molecule has 2 N–H and O–H groups in total. The summed E-state index contributed by atoms with van der Waals surface area (Å²) in [5.41, 5.74) is 1.89. The van der Waals surface area contributed by atoms with Crippen molar-refractivity contribution in [3.05, 3.63) is 29.8 Å². The summed E-state index contributed by atoms with van der Waals surface area (Å²) in [5, 5.41) is 11.8. The third kappa shape index (κ3) is 5.30. The lowest BCUT2D eigenvalue weighted by atomic mass is 10.2. The minimum atomic E-state index is -0.0869. The normalized spacial score (nSPS) is 10.3. The van der Waals surface area contributed by atoms with Crippen molar-refractivity contribution in [3.63, 3.8) is 0 Å². The third-order valence-electron chi connectivity index (χ3n) is 3.04. The first kappa shape index (κ1) is 15.5. The summed E-state index contributed by atoms with van der Waals surface area (Å²) in [6, 6.07) is 7.64. The van der Waals surface area contributed by atoms with Gasteiger partial charge >= 0.3 is 6.03 Å². The molecule has 0 fully saturated rings. The standard InChI is InChI=1S/C15H24N2O2/c1-3-4-10-17(11-7-12-18)15(19)16-14-9-6-5-8-13(14)2/h5-6,8-9,18H,3-4,7,10-12H2,1-2H3,(H,16,19). The van der Waals surface area contributed by atoms with E-state index in [0.717, 1.165) is 30.6 Å². The van der Waals surface area contributed by atoms with Crippen LogP contribution in [-0.4, -0.2) is 35.7 Å². The summed E-state index contributed by atoms with van der Waals surface area (Å²) < 4.78 is 0. The summed E-state index contributed by atoms with van der Waals surface area (Å²) in [5.74, 6) is 0. The highest BCUT2D eigenvalue weighted by atomic mass is 16.3. The summed E-state index contributed by atoms with van der Waals surface area (Å²) in [6.07, 6.45) is 2.64. The molecular formula is C15H24N2O2. The second-order valence-corrected chi connectivity index (χ2v) is 4.66. The smallest absolute Gasteiger partial charge is 0.321 e. The number of anilines is 1. The zero-order valence-corrected chi connectivity index (χ0v) is 11.9. The predicted octanol–water partition coefficient (Wildman–Crippen LogP) is 3.01. The lowest BCUT2D eigenvalue weighted by molar-refractivity contribution is 0.201. The van der Waals surface area contributed by atoms with Crippen LogP contribution in [0.25, 0.3) is 0 Å². The number of aliphatic hydroxyl groups excluding tert-OH is 1. The highest BCUT2D eigenvalue weighted by Crippen LogP contribution is 2.14. The van der Waals surface area contributed by atoms with E-state index in [-0.39, 0.29) is 12.6 Å². The lowest BCUT2D eigenvalue weighted by Gasteiger charge is -2.23. The molecule has 2 amide bonds. The molecule has 4 nitrogen and oxygen atoms in total. The van der Waals surface area contributed by atoms with Crippen molar-refractivity contribution < 1.29 is 9.90 Å². The van der Waals surface area contributed by atoms with Gasteiger partial charge in [0.2, 0.25) is 0 Å².